The minimum atomic E-state index is -0.603. The number of carbonyl (C=O) groups is 2. The third kappa shape index (κ3) is 6.72. The van der Waals surface area contributed by atoms with Gasteiger partial charge in [0, 0.05) is 10.7 Å². The maximum absolute atomic E-state index is 12.1. The largest absolute Gasteiger partial charge is 0.444 e. The zero-order chi connectivity index (χ0) is 20.9. The van der Waals surface area contributed by atoms with E-state index in [2.05, 4.69) is 20.8 Å². The van der Waals surface area contributed by atoms with Crippen molar-refractivity contribution >= 4 is 41.1 Å². The van der Waals surface area contributed by atoms with Gasteiger partial charge in [-0.2, -0.15) is 0 Å². The van der Waals surface area contributed by atoms with Crippen LogP contribution in [0.1, 0.15) is 45.2 Å². The molecule has 8 nitrogen and oxygen atoms in total. The summed E-state index contributed by atoms with van der Waals surface area (Å²) in [7, 11) is 0. The number of alkyl carbamates (subject to hydrolysis) is 1. The maximum Gasteiger partial charge on any atom is 0.408 e. The molecule has 0 saturated heterocycles. The zero-order valence-corrected chi connectivity index (χ0v) is 17.9. The third-order valence-electron chi connectivity index (χ3n) is 3.39. The van der Waals surface area contributed by atoms with Gasteiger partial charge in [-0.25, -0.2) is 4.79 Å². The molecule has 152 valence electrons. The minimum Gasteiger partial charge on any atom is -0.444 e. The fraction of sp³-hybridized carbons (Fsp3) is 0.444. The van der Waals surface area contributed by atoms with E-state index in [0.29, 0.717) is 10.7 Å². The van der Waals surface area contributed by atoms with E-state index < -0.39 is 17.7 Å². The van der Waals surface area contributed by atoms with Crippen LogP contribution in [0.5, 0.6) is 0 Å². The second-order valence-corrected chi connectivity index (χ2v) is 8.36. The standard InChI is InChI=1S/C18H23ClN4O4S/c1-10-12(19)7-6-8-13(10)21-14(24)9-28-17-23-22-15(26-17)11(2)20-16(25)27-18(3,4)5/h6-8,11H,9H2,1-5H3,(H,20,25)(H,21,24). The summed E-state index contributed by atoms with van der Waals surface area (Å²) >= 11 is 7.14. The number of benzene rings is 1. The Morgan fingerprint density at radius 2 is 2.04 bits per heavy atom. The first-order chi connectivity index (χ1) is 13.0. The van der Waals surface area contributed by atoms with E-state index in [1.165, 1.54) is 0 Å². The molecule has 2 rings (SSSR count). The van der Waals surface area contributed by atoms with Crippen molar-refractivity contribution in [1.29, 1.82) is 0 Å². The normalized spacial score (nSPS) is 12.4. The first kappa shape index (κ1) is 22.0. The van der Waals surface area contributed by atoms with E-state index in [1.807, 2.05) is 6.92 Å². The molecule has 0 aliphatic heterocycles. The molecule has 0 fully saturated rings. The van der Waals surface area contributed by atoms with Gasteiger partial charge in [-0.15, -0.1) is 10.2 Å². The smallest absolute Gasteiger partial charge is 0.408 e. The van der Waals surface area contributed by atoms with Crippen LogP contribution < -0.4 is 10.6 Å². The highest BCUT2D eigenvalue weighted by molar-refractivity contribution is 7.99. The van der Waals surface area contributed by atoms with Crippen molar-refractivity contribution in [2.75, 3.05) is 11.1 Å². The number of rotatable bonds is 6. The number of halogens is 1. The Kier molecular flexibility index (Phi) is 7.31. The Morgan fingerprint density at radius 1 is 1.32 bits per heavy atom. The molecule has 2 aromatic rings. The summed E-state index contributed by atoms with van der Waals surface area (Å²) in [6.45, 7) is 8.84. The summed E-state index contributed by atoms with van der Waals surface area (Å²) in [6, 6.07) is 4.77. The van der Waals surface area contributed by atoms with Gasteiger partial charge in [0.05, 0.1) is 5.75 Å². The first-order valence-electron chi connectivity index (χ1n) is 8.56. The lowest BCUT2D eigenvalue weighted by Crippen LogP contribution is -2.34. The molecular weight excluding hydrogens is 404 g/mol. The topological polar surface area (TPSA) is 106 Å². The number of nitrogens with one attached hydrogen (secondary N) is 2. The van der Waals surface area contributed by atoms with Crippen molar-refractivity contribution in [2.24, 2.45) is 0 Å². The molecule has 1 aromatic heterocycles. The number of nitrogens with zero attached hydrogens (tertiary/aromatic N) is 2. The van der Waals surface area contributed by atoms with Gasteiger partial charge in [0.1, 0.15) is 11.6 Å². The molecule has 0 spiro atoms. The van der Waals surface area contributed by atoms with Gasteiger partial charge in [-0.1, -0.05) is 29.4 Å². The summed E-state index contributed by atoms with van der Waals surface area (Å²) < 4.78 is 10.7. The predicted octanol–water partition coefficient (Wildman–Crippen LogP) is 4.35. The van der Waals surface area contributed by atoms with E-state index in [4.69, 9.17) is 20.8 Å². The summed E-state index contributed by atoms with van der Waals surface area (Å²) in [6.07, 6.45) is -0.580. The number of hydrogen-bond donors (Lipinski definition) is 2. The molecule has 28 heavy (non-hydrogen) atoms. The van der Waals surface area contributed by atoms with Crippen molar-refractivity contribution in [3.05, 3.63) is 34.7 Å². The van der Waals surface area contributed by atoms with Gasteiger partial charge < -0.3 is 19.8 Å². The lowest BCUT2D eigenvalue weighted by atomic mass is 10.2. The van der Waals surface area contributed by atoms with Crippen molar-refractivity contribution in [2.45, 2.75) is 51.5 Å². The molecular formula is C18H23ClN4O4S. The van der Waals surface area contributed by atoms with Crippen molar-refractivity contribution in [3.8, 4) is 0 Å². The number of thioether (sulfide) groups is 1. The monoisotopic (exact) mass is 426 g/mol. The number of anilines is 1. The quantitative estimate of drug-likeness (QED) is 0.661. The van der Waals surface area contributed by atoms with Crippen LogP contribution >= 0.6 is 23.4 Å². The molecule has 1 unspecified atom stereocenters. The van der Waals surface area contributed by atoms with Crippen molar-refractivity contribution in [3.63, 3.8) is 0 Å². The second-order valence-electron chi connectivity index (χ2n) is 7.02. The molecule has 0 aliphatic rings. The zero-order valence-electron chi connectivity index (χ0n) is 16.3. The Balaban J connectivity index is 1.86. The average molecular weight is 427 g/mol. The predicted molar refractivity (Wildman–Crippen MR) is 108 cm³/mol. The number of carbonyl (C=O) groups excluding carboxylic acids is 2. The highest BCUT2D eigenvalue weighted by Gasteiger charge is 2.21. The molecule has 0 aliphatic carbocycles. The lowest BCUT2D eigenvalue weighted by molar-refractivity contribution is -0.113. The van der Waals surface area contributed by atoms with Crippen molar-refractivity contribution < 1.29 is 18.7 Å². The van der Waals surface area contributed by atoms with Gasteiger partial charge in [-0.05, 0) is 52.3 Å². The molecule has 1 aromatic carbocycles. The third-order valence-corrected chi connectivity index (χ3v) is 4.62. The van der Waals surface area contributed by atoms with Crippen LogP contribution in [0, 0.1) is 6.92 Å². The van der Waals surface area contributed by atoms with Gasteiger partial charge >= 0.3 is 6.09 Å². The Hall–Kier alpha value is -2.26. The minimum absolute atomic E-state index is 0.0848. The SMILES string of the molecule is Cc1c(Cl)cccc1NC(=O)CSc1nnc(C(C)NC(=O)OC(C)(C)C)o1. The molecule has 1 atom stereocenters. The highest BCUT2D eigenvalue weighted by atomic mass is 35.5. The number of aromatic nitrogens is 2. The number of hydrogen-bond acceptors (Lipinski definition) is 7. The molecule has 2 N–H and O–H groups in total. The first-order valence-corrected chi connectivity index (χ1v) is 9.92. The molecule has 2 amide bonds. The summed E-state index contributed by atoms with van der Waals surface area (Å²) in [5.74, 6) is 0.0797. The molecule has 0 radical (unpaired) electrons. The van der Waals surface area contributed by atoms with Gasteiger partial charge in [-0.3, -0.25) is 4.79 Å². The van der Waals surface area contributed by atoms with Crippen LogP contribution in [-0.4, -0.2) is 33.6 Å². The second kappa shape index (κ2) is 9.29. The molecule has 1 heterocycles. The summed E-state index contributed by atoms with van der Waals surface area (Å²) in [5.41, 5.74) is 0.845. The molecule has 0 bridgehead atoms. The van der Waals surface area contributed by atoms with Crippen LogP contribution in [0.15, 0.2) is 27.8 Å². The van der Waals surface area contributed by atoms with Crippen LogP contribution in [0.3, 0.4) is 0 Å². The Morgan fingerprint density at radius 3 is 2.71 bits per heavy atom. The lowest BCUT2D eigenvalue weighted by Gasteiger charge is -2.20. The Labute approximate surface area is 172 Å². The fourth-order valence-electron chi connectivity index (χ4n) is 2.06. The van der Waals surface area contributed by atoms with E-state index >= 15 is 0 Å². The number of amides is 2. The van der Waals surface area contributed by atoms with Crippen molar-refractivity contribution in [1.82, 2.24) is 15.5 Å². The van der Waals surface area contributed by atoms with Crippen LogP contribution in [-0.2, 0) is 9.53 Å². The Bertz CT molecular complexity index is 850. The summed E-state index contributed by atoms with van der Waals surface area (Å²) in [5, 5.41) is 14.0. The molecule has 0 saturated carbocycles. The maximum atomic E-state index is 12.1. The highest BCUT2D eigenvalue weighted by Crippen LogP contribution is 2.24. The van der Waals surface area contributed by atoms with E-state index in [0.717, 1.165) is 17.3 Å². The van der Waals surface area contributed by atoms with Crippen LogP contribution in [0.2, 0.25) is 5.02 Å². The number of ether oxygens (including phenoxy) is 1. The van der Waals surface area contributed by atoms with Crippen LogP contribution in [0.25, 0.3) is 0 Å². The van der Waals surface area contributed by atoms with Gasteiger partial charge in [0.15, 0.2) is 0 Å². The van der Waals surface area contributed by atoms with Gasteiger partial charge in [0.2, 0.25) is 11.8 Å². The summed E-state index contributed by atoms with van der Waals surface area (Å²) in [4.78, 5) is 23.9. The molecule has 10 heteroatoms. The average Bonchev–Trinajstić information content (AvgIpc) is 3.04. The van der Waals surface area contributed by atoms with E-state index in [9.17, 15) is 9.59 Å². The fourth-order valence-corrected chi connectivity index (χ4v) is 2.80. The van der Waals surface area contributed by atoms with Crippen LogP contribution in [0.4, 0.5) is 10.5 Å². The van der Waals surface area contributed by atoms with E-state index in [1.54, 1.807) is 45.9 Å². The van der Waals surface area contributed by atoms with E-state index in [-0.39, 0.29) is 22.8 Å². The van der Waals surface area contributed by atoms with Gasteiger partial charge in [0.25, 0.3) is 5.22 Å².